The summed E-state index contributed by atoms with van der Waals surface area (Å²) in [4.78, 5) is 13.9. The number of nitrogens with zero attached hydrogens (tertiary/aromatic N) is 1. The topological polar surface area (TPSA) is 32.3 Å². The molecule has 1 saturated heterocycles. The molecule has 1 heterocycles. The van der Waals surface area contributed by atoms with E-state index in [1.807, 2.05) is 30.1 Å². The number of hydrogen-bond acceptors (Lipinski definition) is 2. The molecule has 0 aliphatic carbocycles. The zero-order chi connectivity index (χ0) is 13.7. The van der Waals surface area contributed by atoms with Crippen LogP contribution in [0.3, 0.4) is 0 Å². The molecular weight excluding hydrogens is 304 g/mol. The number of carbonyl (C=O) groups is 1. The second-order valence-corrected chi connectivity index (χ2v) is 6.09. The monoisotopic (exact) mass is 324 g/mol. The Morgan fingerprint density at radius 2 is 2.26 bits per heavy atom. The van der Waals surface area contributed by atoms with Crippen LogP contribution in [0.2, 0.25) is 0 Å². The summed E-state index contributed by atoms with van der Waals surface area (Å²) in [6.07, 6.45) is 2.88. The first-order valence-electron chi connectivity index (χ1n) is 6.85. The van der Waals surface area contributed by atoms with Crippen molar-refractivity contribution in [2.24, 2.45) is 5.92 Å². The van der Waals surface area contributed by atoms with Crippen LogP contribution >= 0.6 is 15.9 Å². The van der Waals surface area contributed by atoms with Crippen molar-refractivity contribution in [2.75, 3.05) is 20.1 Å². The van der Waals surface area contributed by atoms with Gasteiger partial charge in [-0.3, -0.25) is 4.79 Å². The molecule has 4 heteroatoms. The zero-order valence-corrected chi connectivity index (χ0v) is 12.9. The summed E-state index contributed by atoms with van der Waals surface area (Å²) >= 11 is 3.52. The summed E-state index contributed by atoms with van der Waals surface area (Å²) in [5.74, 6) is 0.920. The van der Waals surface area contributed by atoms with E-state index in [2.05, 4.69) is 27.3 Å². The Morgan fingerprint density at radius 3 is 2.95 bits per heavy atom. The first-order valence-corrected chi connectivity index (χ1v) is 7.64. The standard InChI is InChI=1S/C15H21BrN2O/c1-18(11-13-4-2-3-5-14(13)16)15(19)7-6-12-8-9-17-10-12/h2-5,12,17H,6-11H2,1H3. The van der Waals surface area contributed by atoms with Gasteiger partial charge < -0.3 is 10.2 Å². The fourth-order valence-electron chi connectivity index (χ4n) is 2.45. The van der Waals surface area contributed by atoms with E-state index in [9.17, 15) is 4.79 Å². The molecule has 19 heavy (non-hydrogen) atoms. The molecule has 2 rings (SSSR count). The predicted molar refractivity (Wildman–Crippen MR) is 80.8 cm³/mol. The molecule has 1 aliphatic rings. The molecule has 104 valence electrons. The van der Waals surface area contributed by atoms with Gasteiger partial charge in [0.05, 0.1) is 0 Å². The summed E-state index contributed by atoms with van der Waals surface area (Å²) in [5.41, 5.74) is 1.15. The van der Waals surface area contributed by atoms with Crippen molar-refractivity contribution in [1.29, 1.82) is 0 Å². The van der Waals surface area contributed by atoms with Crippen LogP contribution in [-0.2, 0) is 11.3 Å². The predicted octanol–water partition coefficient (Wildman–Crippen LogP) is 2.80. The Hall–Kier alpha value is -0.870. The highest BCUT2D eigenvalue weighted by Gasteiger charge is 2.17. The molecule has 1 fully saturated rings. The SMILES string of the molecule is CN(Cc1ccccc1Br)C(=O)CCC1CCNC1. The van der Waals surface area contributed by atoms with Gasteiger partial charge >= 0.3 is 0 Å². The van der Waals surface area contributed by atoms with Gasteiger partial charge in [-0.15, -0.1) is 0 Å². The maximum atomic E-state index is 12.1. The number of hydrogen-bond donors (Lipinski definition) is 1. The van der Waals surface area contributed by atoms with Gasteiger partial charge in [-0.1, -0.05) is 34.1 Å². The van der Waals surface area contributed by atoms with E-state index in [1.54, 1.807) is 0 Å². The molecule has 0 saturated carbocycles. The number of benzene rings is 1. The summed E-state index contributed by atoms with van der Waals surface area (Å²) in [5, 5.41) is 3.34. The van der Waals surface area contributed by atoms with E-state index in [4.69, 9.17) is 0 Å². The van der Waals surface area contributed by atoms with Gasteiger partial charge in [0.15, 0.2) is 0 Å². The minimum atomic E-state index is 0.239. The fourth-order valence-corrected chi connectivity index (χ4v) is 2.86. The molecule has 1 unspecified atom stereocenters. The highest BCUT2D eigenvalue weighted by molar-refractivity contribution is 9.10. The van der Waals surface area contributed by atoms with Gasteiger partial charge in [0.1, 0.15) is 0 Å². The molecule has 1 atom stereocenters. The molecule has 0 aromatic heterocycles. The summed E-state index contributed by atoms with van der Waals surface area (Å²) < 4.78 is 1.06. The molecular formula is C15H21BrN2O. The molecule has 1 aromatic carbocycles. The van der Waals surface area contributed by atoms with Crippen molar-refractivity contribution in [1.82, 2.24) is 10.2 Å². The molecule has 1 amide bonds. The third-order valence-corrected chi connectivity index (χ3v) is 4.49. The van der Waals surface area contributed by atoms with Crippen LogP contribution < -0.4 is 5.32 Å². The van der Waals surface area contributed by atoms with E-state index >= 15 is 0 Å². The van der Waals surface area contributed by atoms with Crippen molar-refractivity contribution < 1.29 is 4.79 Å². The first-order chi connectivity index (χ1) is 9.16. The second kappa shape index (κ2) is 7.06. The molecule has 0 bridgehead atoms. The Morgan fingerprint density at radius 1 is 1.47 bits per heavy atom. The summed E-state index contributed by atoms with van der Waals surface area (Å²) in [7, 11) is 1.88. The zero-order valence-electron chi connectivity index (χ0n) is 11.4. The molecule has 1 aromatic rings. The number of amides is 1. The number of halogens is 1. The van der Waals surface area contributed by atoms with Crippen LogP contribution in [0.4, 0.5) is 0 Å². The highest BCUT2D eigenvalue weighted by atomic mass is 79.9. The number of carbonyl (C=O) groups excluding carboxylic acids is 1. The molecule has 1 aliphatic heterocycles. The molecule has 0 radical (unpaired) electrons. The van der Waals surface area contributed by atoms with E-state index in [1.165, 1.54) is 6.42 Å². The number of nitrogens with one attached hydrogen (secondary N) is 1. The minimum absolute atomic E-state index is 0.239. The molecule has 1 N–H and O–H groups in total. The maximum absolute atomic E-state index is 12.1. The Kier molecular flexibility index (Phi) is 5.40. The van der Waals surface area contributed by atoms with Crippen LogP contribution in [0, 0.1) is 5.92 Å². The van der Waals surface area contributed by atoms with Crippen molar-refractivity contribution in [2.45, 2.75) is 25.8 Å². The molecule has 0 spiro atoms. The molecule has 3 nitrogen and oxygen atoms in total. The van der Waals surface area contributed by atoms with E-state index in [0.717, 1.165) is 29.5 Å². The van der Waals surface area contributed by atoms with Crippen molar-refractivity contribution in [3.63, 3.8) is 0 Å². The Labute approximate surface area is 123 Å². The van der Waals surface area contributed by atoms with Crippen LogP contribution in [-0.4, -0.2) is 30.9 Å². The lowest BCUT2D eigenvalue weighted by Gasteiger charge is -2.19. The third-order valence-electron chi connectivity index (χ3n) is 3.72. The van der Waals surface area contributed by atoms with Gasteiger partial charge in [0.2, 0.25) is 5.91 Å². The van der Waals surface area contributed by atoms with Gasteiger partial charge in [-0.25, -0.2) is 0 Å². The average molecular weight is 325 g/mol. The number of rotatable bonds is 5. The Balaban J connectivity index is 1.80. The summed E-state index contributed by atoms with van der Waals surface area (Å²) in [6.45, 7) is 2.84. The minimum Gasteiger partial charge on any atom is -0.341 e. The van der Waals surface area contributed by atoms with Crippen molar-refractivity contribution in [3.8, 4) is 0 Å². The Bertz CT molecular complexity index is 430. The van der Waals surface area contributed by atoms with E-state index in [0.29, 0.717) is 18.9 Å². The van der Waals surface area contributed by atoms with E-state index in [-0.39, 0.29) is 5.91 Å². The van der Waals surface area contributed by atoms with E-state index < -0.39 is 0 Å². The van der Waals surface area contributed by atoms with Crippen LogP contribution in [0.1, 0.15) is 24.8 Å². The summed E-state index contributed by atoms with van der Waals surface area (Å²) in [6, 6.07) is 8.05. The van der Waals surface area contributed by atoms with Crippen LogP contribution in [0.25, 0.3) is 0 Å². The average Bonchev–Trinajstić information content (AvgIpc) is 2.91. The van der Waals surface area contributed by atoms with Gasteiger partial charge in [-0.05, 0) is 43.5 Å². The second-order valence-electron chi connectivity index (χ2n) is 5.24. The first kappa shape index (κ1) is 14.5. The van der Waals surface area contributed by atoms with Crippen LogP contribution in [0.15, 0.2) is 28.7 Å². The highest BCUT2D eigenvalue weighted by Crippen LogP contribution is 2.19. The third kappa shape index (κ3) is 4.32. The van der Waals surface area contributed by atoms with Gasteiger partial charge in [-0.2, -0.15) is 0 Å². The van der Waals surface area contributed by atoms with Crippen LogP contribution in [0.5, 0.6) is 0 Å². The fraction of sp³-hybridized carbons (Fsp3) is 0.533. The van der Waals surface area contributed by atoms with Gasteiger partial charge in [0.25, 0.3) is 0 Å². The van der Waals surface area contributed by atoms with Crippen molar-refractivity contribution >= 4 is 21.8 Å². The largest absolute Gasteiger partial charge is 0.341 e. The van der Waals surface area contributed by atoms with Gasteiger partial charge in [0, 0.05) is 24.5 Å². The normalized spacial score (nSPS) is 18.5. The lowest BCUT2D eigenvalue weighted by molar-refractivity contribution is -0.130. The smallest absolute Gasteiger partial charge is 0.222 e. The lowest BCUT2D eigenvalue weighted by atomic mass is 10.0. The van der Waals surface area contributed by atoms with Crippen molar-refractivity contribution in [3.05, 3.63) is 34.3 Å². The lowest BCUT2D eigenvalue weighted by Crippen LogP contribution is -2.26. The quantitative estimate of drug-likeness (QED) is 0.903. The maximum Gasteiger partial charge on any atom is 0.222 e.